The van der Waals surface area contributed by atoms with E-state index in [-0.39, 0.29) is 6.29 Å². The van der Waals surface area contributed by atoms with Crippen molar-refractivity contribution in [1.82, 2.24) is 9.47 Å². The van der Waals surface area contributed by atoms with Crippen molar-refractivity contribution in [2.45, 2.75) is 45.4 Å². The van der Waals surface area contributed by atoms with Crippen LogP contribution in [0.2, 0.25) is 0 Å². The maximum absolute atomic E-state index is 6.06. The van der Waals surface area contributed by atoms with Gasteiger partial charge in [-0.1, -0.05) is 48.5 Å². The largest absolute Gasteiger partial charge is 0.479 e. The molecule has 1 unspecified atom stereocenters. The predicted octanol–water partition coefficient (Wildman–Crippen LogP) is 5.91. The van der Waals surface area contributed by atoms with Crippen LogP contribution in [-0.4, -0.2) is 22.3 Å². The van der Waals surface area contributed by atoms with Crippen LogP contribution >= 0.6 is 0 Å². The Kier molecular flexibility index (Phi) is 4.84. The number of rotatable bonds is 5. The first-order valence-corrected chi connectivity index (χ1v) is 10.6. The summed E-state index contributed by atoms with van der Waals surface area (Å²) < 4.78 is 8.32. The molecule has 0 bridgehead atoms. The van der Waals surface area contributed by atoms with E-state index in [0.717, 1.165) is 30.8 Å². The normalized spacial score (nSPS) is 18.9. The van der Waals surface area contributed by atoms with Crippen molar-refractivity contribution >= 4 is 17.1 Å². The van der Waals surface area contributed by atoms with Gasteiger partial charge in [0.25, 0.3) is 0 Å². The van der Waals surface area contributed by atoms with E-state index in [9.17, 15) is 0 Å². The summed E-state index contributed by atoms with van der Waals surface area (Å²) in [6, 6.07) is 21.3. The van der Waals surface area contributed by atoms with E-state index in [1.165, 1.54) is 35.1 Å². The van der Waals surface area contributed by atoms with Crippen LogP contribution in [0.15, 0.2) is 76.9 Å². The van der Waals surface area contributed by atoms with Gasteiger partial charge in [0.2, 0.25) is 6.29 Å². The molecule has 0 saturated heterocycles. The molecule has 2 aliphatic rings. The first kappa shape index (κ1) is 18.0. The molecule has 0 amide bonds. The molecule has 4 heteroatoms. The summed E-state index contributed by atoms with van der Waals surface area (Å²) in [4.78, 5) is 7.54. The van der Waals surface area contributed by atoms with Crippen molar-refractivity contribution < 1.29 is 4.74 Å². The molecule has 0 radical (unpaired) electrons. The van der Waals surface area contributed by atoms with Gasteiger partial charge in [0.1, 0.15) is 0 Å². The average Bonchev–Trinajstić information content (AvgIpc) is 3.13. The summed E-state index contributed by atoms with van der Waals surface area (Å²) in [5.41, 5.74) is 5.32. The Morgan fingerprint density at radius 2 is 1.79 bits per heavy atom. The Labute approximate surface area is 172 Å². The predicted molar refractivity (Wildman–Crippen MR) is 118 cm³/mol. The van der Waals surface area contributed by atoms with Crippen LogP contribution in [0, 0.1) is 0 Å². The lowest BCUT2D eigenvalue weighted by Crippen LogP contribution is -2.35. The van der Waals surface area contributed by atoms with Gasteiger partial charge in [-0.2, -0.15) is 0 Å². The molecule has 1 atom stereocenters. The number of fused-ring (bicyclic) bond motifs is 1. The zero-order valence-corrected chi connectivity index (χ0v) is 16.9. The van der Waals surface area contributed by atoms with Crippen molar-refractivity contribution in [2.24, 2.45) is 4.99 Å². The van der Waals surface area contributed by atoms with Gasteiger partial charge < -0.3 is 9.64 Å². The monoisotopic (exact) mass is 385 g/mol. The second-order valence-corrected chi connectivity index (χ2v) is 7.76. The van der Waals surface area contributed by atoms with E-state index in [4.69, 9.17) is 9.73 Å². The number of aliphatic imine (C=N–C) groups is 1. The smallest absolute Gasteiger partial charge is 0.205 e. The van der Waals surface area contributed by atoms with Gasteiger partial charge in [-0.15, -0.1) is 0 Å². The maximum Gasteiger partial charge on any atom is 0.205 e. The van der Waals surface area contributed by atoms with Gasteiger partial charge >= 0.3 is 0 Å². The number of ether oxygens (including phenoxy) is 1. The van der Waals surface area contributed by atoms with Gasteiger partial charge in [0.05, 0.1) is 12.1 Å². The second kappa shape index (κ2) is 7.78. The van der Waals surface area contributed by atoms with E-state index in [1.54, 1.807) is 0 Å². The van der Waals surface area contributed by atoms with Crippen LogP contribution < -0.4 is 4.74 Å². The van der Waals surface area contributed by atoms with Crippen molar-refractivity contribution in [3.8, 4) is 5.88 Å². The fourth-order valence-corrected chi connectivity index (χ4v) is 4.57. The summed E-state index contributed by atoms with van der Waals surface area (Å²) in [5.74, 6) is 0.883. The minimum absolute atomic E-state index is 0.131. The number of allylic oxidation sites excluding steroid dienone is 2. The van der Waals surface area contributed by atoms with Crippen LogP contribution in [0.25, 0.3) is 10.9 Å². The summed E-state index contributed by atoms with van der Waals surface area (Å²) in [7, 11) is 0. The molecule has 1 aliphatic carbocycles. The molecule has 0 saturated carbocycles. The summed E-state index contributed by atoms with van der Waals surface area (Å²) in [6.07, 6.45) is 6.73. The number of benzene rings is 2. The van der Waals surface area contributed by atoms with Crippen molar-refractivity contribution in [3.63, 3.8) is 0 Å². The van der Waals surface area contributed by atoms with E-state index in [2.05, 4.69) is 76.3 Å². The van der Waals surface area contributed by atoms with Crippen molar-refractivity contribution in [2.75, 3.05) is 6.61 Å². The molecule has 2 heterocycles. The molecule has 0 spiro atoms. The van der Waals surface area contributed by atoms with Gasteiger partial charge in [0.15, 0.2) is 5.88 Å². The quantitative estimate of drug-likeness (QED) is 0.546. The fourth-order valence-electron chi connectivity index (χ4n) is 4.57. The van der Waals surface area contributed by atoms with Crippen LogP contribution in [0.5, 0.6) is 5.88 Å². The SMILES string of the molecule is CCOc1cc2ccccc2n1C1N=CC2=C(CCCC2)N1Cc1ccccc1. The standard InChI is InChI=1S/C25H27N3O/c1-2-29-24-16-20-12-6-9-15-23(20)28(24)25-26-17-21-13-7-8-14-22(21)27(25)18-19-10-4-3-5-11-19/h3-6,9-12,15-17,25H,2,7-8,13-14,18H2,1H3. The Morgan fingerprint density at radius 1 is 1.00 bits per heavy atom. The van der Waals surface area contributed by atoms with E-state index in [1.807, 2.05) is 6.92 Å². The summed E-state index contributed by atoms with van der Waals surface area (Å²) in [6.45, 7) is 3.52. The molecule has 0 fully saturated rings. The molecule has 1 aliphatic heterocycles. The third-order valence-corrected chi connectivity index (χ3v) is 5.90. The van der Waals surface area contributed by atoms with Crippen LogP contribution in [0.1, 0.15) is 44.5 Å². The highest BCUT2D eigenvalue weighted by atomic mass is 16.5. The molecule has 5 rings (SSSR count). The number of hydrogen-bond donors (Lipinski definition) is 0. The fraction of sp³-hybridized carbons (Fsp3) is 0.320. The van der Waals surface area contributed by atoms with Crippen LogP contribution in [-0.2, 0) is 6.54 Å². The van der Waals surface area contributed by atoms with E-state index >= 15 is 0 Å². The highest BCUT2D eigenvalue weighted by molar-refractivity contribution is 5.84. The van der Waals surface area contributed by atoms with Crippen LogP contribution in [0.3, 0.4) is 0 Å². The van der Waals surface area contributed by atoms with Gasteiger partial charge in [-0.3, -0.25) is 4.57 Å². The van der Waals surface area contributed by atoms with E-state index < -0.39 is 0 Å². The zero-order valence-electron chi connectivity index (χ0n) is 16.9. The lowest BCUT2D eigenvalue weighted by Gasteiger charge is -2.40. The first-order chi connectivity index (χ1) is 14.3. The molecule has 29 heavy (non-hydrogen) atoms. The number of aromatic nitrogens is 1. The minimum atomic E-state index is -0.131. The number of hydrogen-bond acceptors (Lipinski definition) is 3. The van der Waals surface area contributed by atoms with Crippen LogP contribution in [0.4, 0.5) is 0 Å². The molecule has 4 nitrogen and oxygen atoms in total. The van der Waals surface area contributed by atoms with Gasteiger partial charge in [0, 0.05) is 29.9 Å². The molecule has 1 aromatic heterocycles. The van der Waals surface area contributed by atoms with Gasteiger partial charge in [-0.05, 0) is 49.8 Å². The molecule has 3 aromatic rings. The molecular formula is C25H27N3O. The topological polar surface area (TPSA) is 29.8 Å². The lowest BCUT2D eigenvalue weighted by molar-refractivity contribution is 0.159. The lowest BCUT2D eigenvalue weighted by atomic mass is 9.94. The minimum Gasteiger partial charge on any atom is -0.479 e. The Morgan fingerprint density at radius 3 is 2.66 bits per heavy atom. The van der Waals surface area contributed by atoms with E-state index in [0.29, 0.717) is 6.61 Å². The Balaban J connectivity index is 1.63. The number of nitrogens with zero attached hydrogens (tertiary/aromatic N) is 3. The third kappa shape index (κ3) is 3.33. The number of para-hydroxylation sites is 1. The molecule has 0 N–H and O–H groups in total. The first-order valence-electron chi connectivity index (χ1n) is 10.6. The summed E-state index contributed by atoms with van der Waals surface area (Å²) >= 11 is 0. The average molecular weight is 386 g/mol. The second-order valence-electron chi connectivity index (χ2n) is 7.76. The van der Waals surface area contributed by atoms with Crippen molar-refractivity contribution in [3.05, 3.63) is 77.5 Å². The molecule has 148 valence electrons. The maximum atomic E-state index is 6.06. The molecular weight excluding hydrogens is 358 g/mol. The zero-order chi connectivity index (χ0) is 19.6. The van der Waals surface area contributed by atoms with Gasteiger partial charge in [-0.25, -0.2) is 4.99 Å². The summed E-state index contributed by atoms with van der Waals surface area (Å²) in [5, 5.41) is 1.19. The third-order valence-electron chi connectivity index (χ3n) is 5.90. The highest BCUT2D eigenvalue weighted by Crippen LogP contribution is 2.40. The highest BCUT2D eigenvalue weighted by Gasteiger charge is 2.31. The Bertz CT molecular complexity index is 1060. The molecule has 2 aromatic carbocycles. The Hall–Kier alpha value is -3.01. The van der Waals surface area contributed by atoms with Crippen molar-refractivity contribution in [1.29, 1.82) is 0 Å².